The summed E-state index contributed by atoms with van der Waals surface area (Å²) >= 11 is 0. The van der Waals surface area contributed by atoms with E-state index in [0.29, 0.717) is 5.56 Å². The number of hydrogen-bond acceptors (Lipinski definition) is 2. The van der Waals surface area contributed by atoms with Crippen molar-refractivity contribution in [3.8, 4) is 5.69 Å². The van der Waals surface area contributed by atoms with Gasteiger partial charge in [-0.1, -0.05) is 13.8 Å². The van der Waals surface area contributed by atoms with Crippen LogP contribution in [0.4, 0.5) is 0 Å². The molecule has 4 nitrogen and oxygen atoms in total. The number of amides is 1. The van der Waals surface area contributed by atoms with Gasteiger partial charge in [-0.2, -0.15) is 5.10 Å². The Labute approximate surface area is 131 Å². The number of aromatic nitrogens is 1. The van der Waals surface area contributed by atoms with Gasteiger partial charge in [0.1, 0.15) is 0 Å². The Morgan fingerprint density at radius 3 is 2.05 bits per heavy atom. The van der Waals surface area contributed by atoms with Crippen LogP contribution in [0.3, 0.4) is 0 Å². The van der Waals surface area contributed by atoms with Crippen LogP contribution in [0.1, 0.15) is 48.4 Å². The molecular formula is C18H23N3O. The quantitative estimate of drug-likeness (QED) is 0.658. The number of carbonyl (C=O) groups is 1. The van der Waals surface area contributed by atoms with Crippen molar-refractivity contribution in [3.63, 3.8) is 0 Å². The third kappa shape index (κ3) is 3.45. The fourth-order valence-electron chi connectivity index (χ4n) is 2.44. The van der Waals surface area contributed by atoms with Crippen molar-refractivity contribution in [1.82, 2.24) is 9.99 Å². The fourth-order valence-corrected chi connectivity index (χ4v) is 2.44. The van der Waals surface area contributed by atoms with E-state index < -0.39 is 0 Å². The Morgan fingerprint density at radius 1 is 1.00 bits per heavy atom. The van der Waals surface area contributed by atoms with Crippen LogP contribution in [-0.2, 0) is 0 Å². The first-order valence-electron chi connectivity index (χ1n) is 7.68. The summed E-state index contributed by atoms with van der Waals surface area (Å²) < 4.78 is 2.16. The maximum atomic E-state index is 12.1. The number of hydrogen-bond donors (Lipinski definition) is 1. The summed E-state index contributed by atoms with van der Waals surface area (Å²) in [4.78, 5) is 12.1. The van der Waals surface area contributed by atoms with Crippen molar-refractivity contribution in [1.29, 1.82) is 0 Å². The SMILES string of the molecule is CCC(CC)=NNC(=O)c1ccc(-n2c(C)ccc2C)cc1. The van der Waals surface area contributed by atoms with E-state index in [-0.39, 0.29) is 5.91 Å². The third-order valence-electron chi connectivity index (χ3n) is 3.79. The predicted octanol–water partition coefficient (Wildman–Crippen LogP) is 4.00. The molecular weight excluding hydrogens is 274 g/mol. The van der Waals surface area contributed by atoms with Crippen molar-refractivity contribution >= 4 is 11.6 Å². The molecule has 0 saturated heterocycles. The van der Waals surface area contributed by atoms with Gasteiger partial charge in [0, 0.05) is 28.4 Å². The van der Waals surface area contributed by atoms with Gasteiger partial charge in [-0.3, -0.25) is 4.79 Å². The maximum absolute atomic E-state index is 12.1. The minimum atomic E-state index is -0.174. The van der Waals surface area contributed by atoms with Crippen LogP contribution >= 0.6 is 0 Å². The van der Waals surface area contributed by atoms with Gasteiger partial charge < -0.3 is 4.57 Å². The number of benzene rings is 1. The first-order valence-corrected chi connectivity index (χ1v) is 7.68. The van der Waals surface area contributed by atoms with Gasteiger partial charge in [-0.15, -0.1) is 0 Å². The lowest BCUT2D eigenvalue weighted by Crippen LogP contribution is -2.19. The van der Waals surface area contributed by atoms with Crippen molar-refractivity contribution in [2.45, 2.75) is 40.5 Å². The van der Waals surface area contributed by atoms with Gasteiger partial charge in [0.25, 0.3) is 5.91 Å². The van der Waals surface area contributed by atoms with E-state index in [1.807, 2.05) is 38.1 Å². The second-order valence-corrected chi connectivity index (χ2v) is 5.32. The van der Waals surface area contributed by atoms with Crippen molar-refractivity contribution in [2.24, 2.45) is 5.10 Å². The van der Waals surface area contributed by atoms with Gasteiger partial charge in [0.05, 0.1) is 0 Å². The second-order valence-electron chi connectivity index (χ2n) is 5.32. The van der Waals surface area contributed by atoms with E-state index in [1.54, 1.807) is 0 Å². The van der Waals surface area contributed by atoms with Gasteiger partial charge in [-0.25, -0.2) is 5.43 Å². The van der Waals surface area contributed by atoms with Crippen LogP contribution in [0.25, 0.3) is 5.69 Å². The maximum Gasteiger partial charge on any atom is 0.271 e. The molecule has 0 aliphatic rings. The molecule has 0 aliphatic carbocycles. The van der Waals surface area contributed by atoms with Crippen LogP contribution in [-0.4, -0.2) is 16.2 Å². The highest BCUT2D eigenvalue weighted by Gasteiger charge is 2.07. The molecule has 1 heterocycles. The normalized spacial score (nSPS) is 10.4. The van der Waals surface area contributed by atoms with Crippen LogP contribution in [0.5, 0.6) is 0 Å². The number of nitrogens with one attached hydrogen (secondary N) is 1. The molecule has 1 amide bonds. The van der Waals surface area contributed by atoms with Gasteiger partial charge in [-0.05, 0) is 63.1 Å². The van der Waals surface area contributed by atoms with Gasteiger partial charge >= 0.3 is 0 Å². The van der Waals surface area contributed by atoms with Crippen molar-refractivity contribution < 1.29 is 4.79 Å². The van der Waals surface area contributed by atoms with E-state index in [1.165, 1.54) is 11.4 Å². The number of hydrazone groups is 1. The summed E-state index contributed by atoms with van der Waals surface area (Å²) in [6.07, 6.45) is 1.70. The number of nitrogens with zero attached hydrogens (tertiary/aromatic N) is 2. The minimum Gasteiger partial charge on any atom is -0.319 e. The molecule has 1 aromatic heterocycles. The van der Waals surface area contributed by atoms with E-state index >= 15 is 0 Å². The summed E-state index contributed by atoms with van der Waals surface area (Å²) in [6.45, 7) is 8.20. The minimum absolute atomic E-state index is 0.174. The van der Waals surface area contributed by atoms with Crippen LogP contribution in [0, 0.1) is 13.8 Å². The highest BCUT2D eigenvalue weighted by atomic mass is 16.2. The molecule has 4 heteroatoms. The predicted molar refractivity (Wildman–Crippen MR) is 90.7 cm³/mol. The molecule has 0 fully saturated rings. The Balaban J connectivity index is 2.15. The molecule has 2 rings (SSSR count). The standard InChI is InChI=1S/C18H23N3O/c1-5-16(6-2)19-20-18(22)15-9-11-17(12-10-15)21-13(3)7-8-14(21)4/h7-12H,5-6H2,1-4H3,(H,20,22). The Hall–Kier alpha value is -2.36. The summed E-state index contributed by atoms with van der Waals surface area (Å²) in [5, 5.41) is 4.15. The molecule has 0 bridgehead atoms. The molecule has 1 aromatic carbocycles. The first-order chi connectivity index (χ1) is 10.6. The lowest BCUT2D eigenvalue weighted by atomic mass is 10.2. The highest BCUT2D eigenvalue weighted by molar-refractivity contribution is 5.95. The molecule has 0 spiro atoms. The molecule has 0 radical (unpaired) electrons. The lowest BCUT2D eigenvalue weighted by molar-refractivity contribution is 0.0954. The summed E-state index contributed by atoms with van der Waals surface area (Å²) in [6, 6.07) is 11.7. The molecule has 0 aliphatic heterocycles. The number of rotatable bonds is 5. The van der Waals surface area contributed by atoms with Crippen LogP contribution in [0.2, 0.25) is 0 Å². The summed E-state index contributed by atoms with van der Waals surface area (Å²) in [5.41, 5.74) is 7.63. The molecule has 2 aromatic rings. The fraction of sp³-hybridized carbons (Fsp3) is 0.333. The van der Waals surface area contributed by atoms with Crippen LogP contribution < -0.4 is 5.43 Å². The smallest absolute Gasteiger partial charge is 0.271 e. The Morgan fingerprint density at radius 2 is 1.55 bits per heavy atom. The average Bonchev–Trinajstić information content (AvgIpc) is 2.87. The molecule has 116 valence electrons. The monoisotopic (exact) mass is 297 g/mol. The molecule has 0 saturated carbocycles. The summed E-state index contributed by atoms with van der Waals surface area (Å²) in [7, 11) is 0. The average molecular weight is 297 g/mol. The zero-order valence-corrected chi connectivity index (χ0v) is 13.7. The summed E-state index contributed by atoms with van der Waals surface area (Å²) in [5.74, 6) is -0.174. The molecule has 1 N–H and O–H groups in total. The van der Waals surface area contributed by atoms with Gasteiger partial charge in [0.15, 0.2) is 0 Å². The Kier molecular flexibility index (Phi) is 5.15. The molecule has 0 unspecified atom stereocenters. The zero-order valence-electron chi connectivity index (χ0n) is 13.7. The highest BCUT2D eigenvalue weighted by Crippen LogP contribution is 2.16. The first kappa shape index (κ1) is 16.0. The van der Waals surface area contributed by atoms with E-state index in [9.17, 15) is 4.79 Å². The lowest BCUT2D eigenvalue weighted by Gasteiger charge is -2.10. The largest absolute Gasteiger partial charge is 0.319 e. The second kappa shape index (κ2) is 7.07. The van der Waals surface area contributed by atoms with E-state index in [2.05, 4.69) is 41.1 Å². The Bertz CT molecular complexity index is 655. The van der Waals surface area contributed by atoms with E-state index in [0.717, 1.165) is 24.2 Å². The number of aryl methyl sites for hydroxylation is 2. The number of carbonyl (C=O) groups excluding carboxylic acids is 1. The van der Waals surface area contributed by atoms with Gasteiger partial charge in [0.2, 0.25) is 0 Å². The molecule has 0 atom stereocenters. The van der Waals surface area contributed by atoms with E-state index in [4.69, 9.17) is 0 Å². The van der Waals surface area contributed by atoms with Crippen molar-refractivity contribution in [3.05, 3.63) is 53.3 Å². The van der Waals surface area contributed by atoms with Crippen molar-refractivity contribution in [2.75, 3.05) is 0 Å². The van der Waals surface area contributed by atoms with Crippen LogP contribution in [0.15, 0.2) is 41.5 Å². The topological polar surface area (TPSA) is 46.4 Å². The molecule has 22 heavy (non-hydrogen) atoms. The third-order valence-corrected chi connectivity index (χ3v) is 3.79. The zero-order chi connectivity index (χ0) is 16.1.